The first kappa shape index (κ1) is 10.6. The van der Waals surface area contributed by atoms with Gasteiger partial charge in [-0.3, -0.25) is 4.79 Å². The van der Waals surface area contributed by atoms with Crippen LogP contribution in [0.2, 0.25) is 0 Å². The smallest absolute Gasteiger partial charge is 0.317 e. The monoisotopic (exact) mass is 243 g/mol. The molecule has 3 rings (SSSR count). The number of ether oxygens (including phenoxy) is 1. The Morgan fingerprint density at radius 1 is 1.28 bits per heavy atom. The van der Waals surface area contributed by atoms with Crippen LogP contribution < -0.4 is 4.74 Å². The van der Waals surface area contributed by atoms with Crippen molar-refractivity contribution in [3.05, 3.63) is 47.3 Å². The van der Waals surface area contributed by atoms with Crippen molar-refractivity contribution in [3.8, 4) is 5.75 Å². The van der Waals surface area contributed by atoms with Crippen LogP contribution in [0.4, 0.5) is 0 Å². The third kappa shape index (κ3) is 1.58. The molecule has 0 saturated carbocycles. The number of benzene rings is 1. The zero-order chi connectivity index (χ0) is 12.5. The highest BCUT2D eigenvalue weighted by Gasteiger charge is 2.28. The van der Waals surface area contributed by atoms with Crippen molar-refractivity contribution in [1.29, 1.82) is 0 Å². The predicted octanol–water partition coefficient (Wildman–Crippen LogP) is 2.38. The number of azo groups is 1. The quantitative estimate of drug-likeness (QED) is 0.811. The van der Waals surface area contributed by atoms with Gasteiger partial charge in [0, 0.05) is 0 Å². The fourth-order valence-electron chi connectivity index (χ4n) is 1.85. The lowest BCUT2D eigenvalue weighted by Crippen LogP contribution is -2.09. The number of aromatic nitrogens is 1. The van der Waals surface area contributed by atoms with Crippen LogP contribution in [0.3, 0.4) is 0 Å². The largest absolute Gasteiger partial charge is 0.497 e. The molecule has 1 aliphatic heterocycles. The third-order valence-corrected chi connectivity index (χ3v) is 2.79. The van der Waals surface area contributed by atoms with Crippen LogP contribution in [0.15, 0.2) is 45.3 Å². The average molecular weight is 243 g/mol. The summed E-state index contributed by atoms with van der Waals surface area (Å²) in [5.41, 5.74) is 1.77. The van der Waals surface area contributed by atoms with E-state index in [9.17, 15) is 4.79 Å². The van der Waals surface area contributed by atoms with Crippen LogP contribution in [-0.4, -0.2) is 18.2 Å². The van der Waals surface area contributed by atoms with E-state index in [-0.39, 0.29) is 11.7 Å². The van der Waals surface area contributed by atoms with Crippen molar-refractivity contribution >= 4 is 5.91 Å². The van der Waals surface area contributed by atoms with Gasteiger partial charge in [0.2, 0.25) is 0 Å². The van der Waals surface area contributed by atoms with Gasteiger partial charge in [-0.2, -0.15) is 5.11 Å². The van der Waals surface area contributed by atoms with E-state index in [4.69, 9.17) is 9.26 Å². The van der Waals surface area contributed by atoms with E-state index >= 15 is 0 Å². The van der Waals surface area contributed by atoms with Crippen LogP contribution in [0.5, 0.6) is 5.75 Å². The number of fused-ring (bicyclic) bond motifs is 1. The molecule has 6 nitrogen and oxygen atoms in total. The van der Waals surface area contributed by atoms with E-state index in [2.05, 4.69) is 15.4 Å². The topological polar surface area (TPSA) is 77.1 Å². The number of carbonyl (C=O) groups excluding carboxylic acids is 1. The van der Waals surface area contributed by atoms with Crippen LogP contribution in [0, 0.1) is 0 Å². The molecule has 2 aromatic rings. The molecule has 2 heterocycles. The van der Waals surface area contributed by atoms with Crippen molar-refractivity contribution in [2.45, 2.75) is 6.04 Å². The normalized spacial score (nSPS) is 17.6. The maximum Gasteiger partial charge on any atom is 0.317 e. The predicted molar refractivity (Wildman–Crippen MR) is 60.5 cm³/mol. The number of carbonyl (C=O) groups is 1. The Hall–Kier alpha value is -2.50. The summed E-state index contributed by atoms with van der Waals surface area (Å²) >= 11 is 0. The maximum absolute atomic E-state index is 11.4. The van der Waals surface area contributed by atoms with E-state index in [0.717, 1.165) is 11.3 Å². The third-order valence-electron chi connectivity index (χ3n) is 2.79. The Morgan fingerprint density at radius 2 is 2.06 bits per heavy atom. The van der Waals surface area contributed by atoms with Gasteiger partial charge in [-0.05, 0) is 17.7 Å². The number of nitrogens with zero attached hydrogens (tertiary/aromatic N) is 3. The lowest BCUT2D eigenvalue weighted by atomic mass is 9.99. The fourth-order valence-corrected chi connectivity index (χ4v) is 1.85. The Balaban J connectivity index is 2.02. The fraction of sp³-hybridized carbons (Fsp3) is 0.167. The molecule has 1 aromatic carbocycles. The minimum atomic E-state index is -0.469. The molecule has 0 radical (unpaired) electrons. The van der Waals surface area contributed by atoms with Gasteiger partial charge in [0.05, 0.1) is 12.7 Å². The van der Waals surface area contributed by atoms with Gasteiger partial charge in [-0.1, -0.05) is 17.3 Å². The van der Waals surface area contributed by atoms with E-state index in [0.29, 0.717) is 5.56 Å². The summed E-state index contributed by atoms with van der Waals surface area (Å²) in [5, 5.41) is 11.2. The lowest BCUT2D eigenvalue weighted by Gasteiger charge is -2.13. The SMILES string of the molecule is COc1ccc(C2N=NC(=O)c3nocc32)cc1. The summed E-state index contributed by atoms with van der Waals surface area (Å²) in [6.07, 6.45) is 1.43. The first-order valence-corrected chi connectivity index (χ1v) is 5.33. The number of amides is 1. The van der Waals surface area contributed by atoms with E-state index < -0.39 is 5.91 Å². The Morgan fingerprint density at radius 3 is 2.78 bits per heavy atom. The molecule has 90 valence electrons. The molecule has 6 heteroatoms. The zero-order valence-electron chi connectivity index (χ0n) is 9.53. The number of hydrogen-bond donors (Lipinski definition) is 0. The number of hydrogen-bond acceptors (Lipinski definition) is 5. The maximum atomic E-state index is 11.4. The van der Waals surface area contributed by atoms with Crippen LogP contribution >= 0.6 is 0 Å². The molecule has 1 atom stereocenters. The Labute approximate surface area is 102 Å². The number of methoxy groups -OCH3 is 1. The molecule has 0 saturated heterocycles. The van der Waals surface area contributed by atoms with Gasteiger partial charge in [0.1, 0.15) is 18.1 Å². The van der Waals surface area contributed by atoms with Gasteiger partial charge < -0.3 is 9.26 Å². The minimum Gasteiger partial charge on any atom is -0.497 e. The average Bonchev–Trinajstić information content (AvgIpc) is 2.90. The van der Waals surface area contributed by atoms with Gasteiger partial charge in [0.25, 0.3) is 0 Å². The summed E-state index contributed by atoms with van der Waals surface area (Å²) in [4.78, 5) is 11.4. The zero-order valence-corrected chi connectivity index (χ0v) is 9.53. The summed E-state index contributed by atoms with van der Waals surface area (Å²) in [6.45, 7) is 0. The van der Waals surface area contributed by atoms with Crippen molar-refractivity contribution in [2.24, 2.45) is 10.2 Å². The summed E-state index contributed by atoms with van der Waals surface area (Å²) in [6, 6.07) is 7.04. The molecule has 0 spiro atoms. The Kier molecular flexibility index (Phi) is 2.40. The number of rotatable bonds is 2. The molecule has 1 aliphatic rings. The van der Waals surface area contributed by atoms with Crippen molar-refractivity contribution in [2.75, 3.05) is 7.11 Å². The van der Waals surface area contributed by atoms with Gasteiger partial charge in [-0.25, -0.2) is 0 Å². The van der Waals surface area contributed by atoms with Crippen molar-refractivity contribution in [1.82, 2.24) is 5.16 Å². The molecule has 1 aromatic heterocycles. The van der Waals surface area contributed by atoms with Crippen LogP contribution in [0.1, 0.15) is 27.7 Å². The molecule has 0 bridgehead atoms. The summed E-state index contributed by atoms with van der Waals surface area (Å²) < 4.78 is 9.91. The standard InChI is InChI=1S/C12H9N3O3/c1-17-8-4-2-7(3-5-8)10-9-6-18-15-11(9)12(16)14-13-10/h2-6,10H,1H3. The lowest BCUT2D eigenvalue weighted by molar-refractivity contribution is 0.0978. The first-order chi connectivity index (χ1) is 8.79. The highest BCUT2D eigenvalue weighted by molar-refractivity contribution is 5.95. The molecule has 18 heavy (non-hydrogen) atoms. The minimum absolute atomic E-state index is 0.228. The molecule has 1 amide bonds. The molecule has 0 fully saturated rings. The second-order valence-electron chi connectivity index (χ2n) is 3.81. The molecular formula is C12H9N3O3. The van der Waals surface area contributed by atoms with Crippen LogP contribution in [-0.2, 0) is 0 Å². The molecular weight excluding hydrogens is 234 g/mol. The van der Waals surface area contributed by atoms with E-state index in [1.54, 1.807) is 7.11 Å². The highest BCUT2D eigenvalue weighted by Crippen LogP contribution is 2.33. The Bertz CT molecular complexity index is 616. The highest BCUT2D eigenvalue weighted by atomic mass is 16.5. The van der Waals surface area contributed by atoms with E-state index in [1.165, 1.54) is 6.26 Å². The second kappa shape index (κ2) is 4.06. The molecule has 0 N–H and O–H groups in total. The van der Waals surface area contributed by atoms with Crippen molar-refractivity contribution in [3.63, 3.8) is 0 Å². The summed E-state index contributed by atoms with van der Waals surface area (Å²) in [7, 11) is 1.60. The summed E-state index contributed by atoms with van der Waals surface area (Å²) in [5.74, 6) is 0.289. The molecule has 0 aliphatic carbocycles. The van der Waals surface area contributed by atoms with Gasteiger partial charge in [0.15, 0.2) is 5.69 Å². The van der Waals surface area contributed by atoms with E-state index in [1.807, 2.05) is 24.3 Å². The van der Waals surface area contributed by atoms with Crippen LogP contribution in [0.25, 0.3) is 0 Å². The van der Waals surface area contributed by atoms with Gasteiger partial charge >= 0.3 is 5.91 Å². The van der Waals surface area contributed by atoms with Crippen molar-refractivity contribution < 1.29 is 14.1 Å². The first-order valence-electron chi connectivity index (χ1n) is 5.33. The second-order valence-corrected chi connectivity index (χ2v) is 3.81. The molecule has 1 unspecified atom stereocenters. The van der Waals surface area contributed by atoms with Gasteiger partial charge in [-0.15, -0.1) is 5.11 Å².